The molecule has 0 aromatic heterocycles. The molecule has 0 aliphatic carbocycles. The molecule has 0 radical (unpaired) electrons. The van der Waals surface area contributed by atoms with E-state index in [0.29, 0.717) is 0 Å². The highest BCUT2D eigenvalue weighted by Crippen LogP contribution is 2.17. The smallest absolute Gasteiger partial charge is 0.0685 e. The van der Waals surface area contributed by atoms with E-state index >= 15 is 0 Å². The van der Waals surface area contributed by atoms with Crippen LogP contribution in [0.3, 0.4) is 0 Å². The maximum absolute atomic E-state index is 9.07. The highest BCUT2D eigenvalue weighted by Gasteiger charge is 2.10. The van der Waals surface area contributed by atoms with Crippen molar-refractivity contribution < 1.29 is 5.11 Å². The Morgan fingerprint density at radius 2 is 2.33 bits per heavy atom. The largest absolute Gasteiger partial charge is 0.392 e. The van der Waals surface area contributed by atoms with Crippen LogP contribution in [0.1, 0.15) is 16.7 Å². The Balaban J connectivity index is 2.44. The number of hydrogen-bond donors (Lipinski definition) is 2. The Bertz CT molecular complexity index is 269. The van der Waals surface area contributed by atoms with Gasteiger partial charge < -0.3 is 10.4 Å². The summed E-state index contributed by atoms with van der Waals surface area (Å²) in [6.45, 7) is 2.12. The van der Waals surface area contributed by atoms with Gasteiger partial charge in [0, 0.05) is 6.54 Å². The van der Waals surface area contributed by atoms with Crippen molar-refractivity contribution in [1.29, 1.82) is 0 Å². The third kappa shape index (κ3) is 1.24. The van der Waals surface area contributed by atoms with Crippen LogP contribution < -0.4 is 5.32 Å². The summed E-state index contributed by atoms with van der Waals surface area (Å²) in [6, 6.07) is 6.16. The molecule has 1 aromatic rings. The van der Waals surface area contributed by atoms with Crippen LogP contribution in [0.25, 0.3) is 0 Å². The molecule has 0 fully saturated rings. The Kier molecular flexibility index (Phi) is 2.11. The molecular weight excluding hydrogens is 150 g/mol. The molecule has 1 aromatic carbocycles. The first-order valence-corrected chi connectivity index (χ1v) is 4.33. The van der Waals surface area contributed by atoms with Crippen LogP contribution in [-0.4, -0.2) is 11.7 Å². The first-order valence-electron chi connectivity index (χ1n) is 4.33. The van der Waals surface area contributed by atoms with Crippen molar-refractivity contribution in [3.8, 4) is 0 Å². The van der Waals surface area contributed by atoms with Crippen molar-refractivity contribution in [2.24, 2.45) is 0 Å². The van der Waals surface area contributed by atoms with Crippen molar-refractivity contribution in [3.05, 3.63) is 34.9 Å². The van der Waals surface area contributed by atoms with Gasteiger partial charge in [0.2, 0.25) is 0 Å². The molecule has 1 aliphatic rings. The average molecular weight is 163 g/mol. The first-order chi connectivity index (χ1) is 5.92. The van der Waals surface area contributed by atoms with E-state index in [1.165, 1.54) is 11.1 Å². The van der Waals surface area contributed by atoms with Crippen molar-refractivity contribution in [3.63, 3.8) is 0 Å². The lowest BCUT2D eigenvalue weighted by Crippen LogP contribution is -2.24. The van der Waals surface area contributed by atoms with Gasteiger partial charge in [-0.05, 0) is 29.7 Å². The maximum Gasteiger partial charge on any atom is 0.0685 e. The Hall–Kier alpha value is -0.860. The molecule has 0 atom stereocenters. The van der Waals surface area contributed by atoms with Gasteiger partial charge in [-0.25, -0.2) is 0 Å². The fourth-order valence-electron chi connectivity index (χ4n) is 1.73. The number of fused-ring (bicyclic) bond motifs is 1. The molecular formula is C10H13NO. The van der Waals surface area contributed by atoms with Crippen LogP contribution in [0.4, 0.5) is 0 Å². The van der Waals surface area contributed by atoms with E-state index in [0.717, 1.165) is 25.1 Å². The van der Waals surface area contributed by atoms with E-state index in [9.17, 15) is 0 Å². The highest BCUT2D eigenvalue weighted by atomic mass is 16.3. The monoisotopic (exact) mass is 163 g/mol. The van der Waals surface area contributed by atoms with Gasteiger partial charge >= 0.3 is 0 Å². The molecule has 0 amide bonds. The predicted molar refractivity (Wildman–Crippen MR) is 47.8 cm³/mol. The second kappa shape index (κ2) is 3.25. The fourth-order valence-corrected chi connectivity index (χ4v) is 1.73. The zero-order chi connectivity index (χ0) is 8.39. The van der Waals surface area contributed by atoms with Crippen molar-refractivity contribution in [1.82, 2.24) is 5.32 Å². The number of aliphatic hydroxyl groups excluding tert-OH is 1. The zero-order valence-electron chi connectivity index (χ0n) is 7.01. The normalized spacial score (nSPS) is 15.8. The third-order valence-corrected chi connectivity index (χ3v) is 2.41. The van der Waals surface area contributed by atoms with E-state index in [1.807, 2.05) is 12.1 Å². The van der Waals surface area contributed by atoms with E-state index in [2.05, 4.69) is 11.4 Å². The minimum absolute atomic E-state index is 0.158. The average Bonchev–Trinajstić information content (AvgIpc) is 2.17. The molecule has 64 valence electrons. The Morgan fingerprint density at radius 3 is 3.17 bits per heavy atom. The van der Waals surface area contributed by atoms with Crippen LogP contribution in [0.15, 0.2) is 18.2 Å². The van der Waals surface area contributed by atoms with Gasteiger partial charge in [0.15, 0.2) is 0 Å². The van der Waals surface area contributed by atoms with Crippen LogP contribution in [0.2, 0.25) is 0 Å². The summed E-state index contributed by atoms with van der Waals surface area (Å²) < 4.78 is 0. The van der Waals surface area contributed by atoms with Gasteiger partial charge in [-0.3, -0.25) is 0 Å². The lowest BCUT2D eigenvalue weighted by Gasteiger charge is -2.19. The van der Waals surface area contributed by atoms with E-state index in [1.54, 1.807) is 0 Å². The van der Waals surface area contributed by atoms with Crippen molar-refractivity contribution in [2.75, 3.05) is 6.54 Å². The number of nitrogens with one attached hydrogen (secondary N) is 1. The fraction of sp³-hybridized carbons (Fsp3) is 0.400. The number of rotatable bonds is 1. The quantitative estimate of drug-likeness (QED) is 0.642. The van der Waals surface area contributed by atoms with Gasteiger partial charge in [0.25, 0.3) is 0 Å². The lowest BCUT2D eigenvalue weighted by molar-refractivity contribution is 0.280. The predicted octanol–water partition coefficient (Wildman–Crippen LogP) is 0.825. The molecule has 1 heterocycles. The number of aliphatic hydroxyl groups is 1. The molecule has 2 N–H and O–H groups in total. The molecule has 0 spiro atoms. The number of benzene rings is 1. The van der Waals surface area contributed by atoms with Gasteiger partial charge in [-0.1, -0.05) is 18.2 Å². The topological polar surface area (TPSA) is 32.3 Å². The van der Waals surface area contributed by atoms with Gasteiger partial charge in [0.05, 0.1) is 6.61 Å². The zero-order valence-corrected chi connectivity index (χ0v) is 7.01. The van der Waals surface area contributed by atoms with Crippen LogP contribution in [0, 0.1) is 0 Å². The summed E-state index contributed by atoms with van der Waals surface area (Å²) in [6.07, 6.45) is 1.09. The van der Waals surface area contributed by atoms with Gasteiger partial charge in [-0.15, -0.1) is 0 Å². The summed E-state index contributed by atoms with van der Waals surface area (Å²) in [4.78, 5) is 0. The number of hydrogen-bond acceptors (Lipinski definition) is 2. The summed E-state index contributed by atoms with van der Waals surface area (Å²) in [5.74, 6) is 0. The summed E-state index contributed by atoms with van der Waals surface area (Å²) in [5.41, 5.74) is 3.76. The van der Waals surface area contributed by atoms with E-state index < -0.39 is 0 Å². The van der Waals surface area contributed by atoms with Gasteiger partial charge in [-0.2, -0.15) is 0 Å². The molecule has 0 bridgehead atoms. The lowest BCUT2D eigenvalue weighted by atomic mass is 9.96. The summed E-state index contributed by atoms with van der Waals surface area (Å²) >= 11 is 0. The summed E-state index contributed by atoms with van der Waals surface area (Å²) in [5, 5.41) is 12.4. The van der Waals surface area contributed by atoms with Crippen LogP contribution >= 0.6 is 0 Å². The molecule has 2 heteroatoms. The first kappa shape index (κ1) is 7.77. The third-order valence-electron chi connectivity index (χ3n) is 2.41. The van der Waals surface area contributed by atoms with E-state index in [4.69, 9.17) is 5.11 Å². The second-order valence-corrected chi connectivity index (χ2v) is 3.14. The minimum Gasteiger partial charge on any atom is -0.392 e. The minimum atomic E-state index is 0.158. The maximum atomic E-state index is 9.07. The molecule has 2 nitrogen and oxygen atoms in total. The van der Waals surface area contributed by atoms with Crippen LogP contribution in [0.5, 0.6) is 0 Å². The van der Waals surface area contributed by atoms with Crippen molar-refractivity contribution >= 4 is 0 Å². The second-order valence-electron chi connectivity index (χ2n) is 3.14. The molecule has 0 unspecified atom stereocenters. The van der Waals surface area contributed by atoms with E-state index in [-0.39, 0.29) is 6.61 Å². The van der Waals surface area contributed by atoms with Gasteiger partial charge in [0.1, 0.15) is 0 Å². The molecule has 0 saturated heterocycles. The molecule has 1 aliphatic heterocycles. The van der Waals surface area contributed by atoms with Crippen LogP contribution in [-0.2, 0) is 19.6 Å². The SMILES string of the molecule is OCc1cccc2c1CNCC2. The Morgan fingerprint density at radius 1 is 1.42 bits per heavy atom. The molecule has 0 saturated carbocycles. The highest BCUT2D eigenvalue weighted by molar-refractivity contribution is 5.36. The molecule has 2 rings (SSSR count). The Labute approximate surface area is 72.2 Å². The van der Waals surface area contributed by atoms with Crippen molar-refractivity contribution in [2.45, 2.75) is 19.6 Å². The summed E-state index contributed by atoms with van der Waals surface area (Å²) in [7, 11) is 0. The molecule has 12 heavy (non-hydrogen) atoms. The standard InChI is InChI=1S/C10H13NO/c12-7-9-3-1-2-8-4-5-11-6-10(8)9/h1-3,11-12H,4-7H2.